The zero-order chi connectivity index (χ0) is 9.84. The number of hydrogen-bond acceptors (Lipinski definition) is 3. The number of benzene rings is 1. The molecule has 5 heteroatoms. The maximum absolute atomic E-state index is 12.2. The van der Waals surface area contributed by atoms with Crippen LogP contribution in [0.25, 0.3) is 0 Å². The van der Waals surface area contributed by atoms with Crippen molar-refractivity contribution in [3.8, 4) is 0 Å². The molecule has 13 heavy (non-hydrogen) atoms. The highest BCUT2D eigenvalue weighted by Gasteiger charge is 2.13. The summed E-state index contributed by atoms with van der Waals surface area (Å²) in [6, 6.07) is 4.39. The molecule has 0 atom stereocenters. The molecule has 1 aromatic carbocycles. The Hall–Kier alpha value is -1.10. The lowest BCUT2D eigenvalue weighted by molar-refractivity contribution is -0.387. The van der Waals surface area contributed by atoms with Crippen LogP contribution in [0.4, 0.5) is 10.1 Å². The van der Waals surface area contributed by atoms with Crippen LogP contribution in [0.5, 0.6) is 0 Å². The molecule has 3 nitrogen and oxygen atoms in total. The first-order valence-electron chi connectivity index (χ1n) is 3.56. The molecule has 0 spiro atoms. The summed E-state index contributed by atoms with van der Waals surface area (Å²) >= 11 is 1.28. The van der Waals surface area contributed by atoms with E-state index in [1.165, 1.54) is 17.8 Å². The van der Waals surface area contributed by atoms with Crippen molar-refractivity contribution >= 4 is 17.4 Å². The maximum atomic E-state index is 12.2. The molecule has 0 aliphatic rings. The number of nitrogens with zero attached hydrogens (tertiary/aromatic N) is 1. The molecule has 0 unspecified atom stereocenters. The van der Waals surface area contributed by atoms with Gasteiger partial charge in [-0.1, -0.05) is 6.07 Å². The van der Waals surface area contributed by atoms with Gasteiger partial charge in [0.2, 0.25) is 0 Å². The molecule has 0 bridgehead atoms. The van der Waals surface area contributed by atoms with Gasteiger partial charge in [-0.3, -0.25) is 10.1 Å². The molecule has 0 amide bonds. The Bertz CT molecular complexity index is 330. The van der Waals surface area contributed by atoms with E-state index < -0.39 is 11.6 Å². The third-order valence-electron chi connectivity index (χ3n) is 1.59. The Balaban J connectivity index is 3.18. The Morgan fingerprint density at radius 3 is 2.77 bits per heavy atom. The SMILES string of the molecule is CSc1ccc(CF)cc1[N+](=O)[O-]. The molecule has 0 heterocycles. The van der Waals surface area contributed by atoms with Crippen molar-refractivity contribution in [2.45, 2.75) is 11.6 Å². The van der Waals surface area contributed by atoms with Crippen LogP contribution in [0.15, 0.2) is 23.1 Å². The van der Waals surface area contributed by atoms with E-state index in [0.29, 0.717) is 10.5 Å². The van der Waals surface area contributed by atoms with E-state index in [2.05, 4.69) is 0 Å². The number of nitro groups is 1. The summed E-state index contributed by atoms with van der Waals surface area (Å²) in [5.74, 6) is 0. The van der Waals surface area contributed by atoms with Gasteiger partial charge in [-0.15, -0.1) is 11.8 Å². The zero-order valence-corrected chi connectivity index (χ0v) is 7.81. The molecule has 0 aromatic heterocycles. The Kier molecular flexibility index (Phi) is 3.25. The minimum Gasteiger partial charge on any atom is -0.258 e. The average molecular weight is 201 g/mol. The molecule has 0 saturated carbocycles. The summed E-state index contributed by atoms with van der Waals surface area (Å²) < 4.78 is 12.2. The molecular formula is C8H8FNO2S. The van der Waals surface area contributed by atoms with Crippen molar-refractivity contribution in [1.29, 1.82) is 0 Å². The molecule has 0 saturated heterocycles. The van der Waals surface area contributed by atoms with Crippen LogP contribution in [0.3, 0.4) is 0 Å². The van der Waals surface area contributed by atoms with Crippen LogP contribution in [0.1, 0.15) is 5.56 Å². The number of rotatable bonds is 3. The molecule has 0 aliphatic carbocycles. The zero-order valence-electron chi connectivity index (χ0n) is 6.99. The normalized spacial score (nSPS) is 10.0. The van der Waals surface area contributed by atoms with Gasteiger partial charge in [-0.2, -0.15) is 0 Å². The number of alkyl halides is 1. The number of thioether (sulfide) groups is 1. The van der Waals surface area contributed by atoms with Gasteiger partial charge in [-0.25, -0.2) is 4.39 Å². The quantitative estimate of drug-likeness (QED) is 0.429. The van der Waals surface area contributed by atoms with E-state index in [1.807, 2.05) is 0 Å². The Labute approximate surface area is 79.1 Å². The van der Waals surface area contributed by atoms with Crippen molar-refractivity contribution in [3.63, 3.8) is 0 Å². The van der Waals surface area contributed by atoms with E-state index in [9.17, 15) is 14.5 Å². The van der Waals surface area contributed by atoms with E-state index in [4.69, 9.17) is 0 Å². The van der Waals surface area contributed by atoms with Crippen molar-refractivity contribution in [3.05, 3.63) is 33.9 Å². The van der Waals surface area contributed by atoms with Crippen LogP contribution >= 0.6 is 11.8 Å². The van der Waals surface area contributed by atoms with Crippen LogP contribution in [-0.4, -0.2) is 11.2 Å². The predicted molar refractivity (Wildman–Crippen MR) is 49.7 cm³/mol. The van der Waals surface area contributed by atoms with Gasteiger partial charge in [0, 0.05) is 6.07 Å². The van der Waals surface area contributed by atoms with Crippen molar-refractivity contribution < 1.29 is 9.31 Å². The lowest BCUT2D eigenvalue weighted by Crippen LogP contribution is -1.92. The lowest BCUT2D eigenvalue weighted by Gasteiger charge is -2.00. The minimum atomic E-state index is -0.671. The van der Waals surface area contributed by atoms with E-state index in [1.54, 1.807) is 18.4 Å². The molecule has 0 fully saturated rings. The van der Waals surface area contributed by atoms with Crippen LogP contribution < -0.4 is 0 Å². The highest BCUT2D eigenvalue weighted by atomic mass is 32.2. The second-order valence-corrected chi connectivity index (χ2v) is 3.25. The number of nitro benzene ring substituents is 1. The molecular weight excluding hydrogens is 193 g/mol. The largest absolute Gasteiger partial charge is 0.283 e. The number of halogens is 1. The van der Waals surface area contributed by atoms with Crippen molar-refractivity contribution in [2.75, 3.05) is 6.26 Å². The third kappa shape index (κ3) is 2.18. The third-order valence-corrected chi connectivity index (χ3v) is 2.38. The molecule has 1 aromatic rings. The first-order chi connectivity index (χ1) is 6.19. The maximum Gasteiger partial charge on any atom is 0.283 e. The molecule has 0 radical (unpaired) electrons. The lowest BCUT2D eigenvalue weighted by atomic mass is 10.2. The van der Waals surface area contributed by atoms with Gasteiger partial charge < -0.3 is 0 Å². The van der Waals surface area contributed by atoms with Gasteiger partial charge in [-0.05, 0) is 17.9 Å². The van der Waals surface area contributed by atoms with Gasteiger partial charge in [0.1, 0.15) is 6.67 Å². The van der Waals surface area contributed by atoms with Gasteiger partial charge in [0.15, 0.2) is 0 Å². The van der Waals surface area contributed by atoms with E-state index >= 15 is 0 Å². The van der Waals surface area contributed by atoms with Crippen LogP contribution in [0.2, 0.25) is 0 Å². The molecule has 0 aliphatic heterocycles. The predicted octanol–water partition coefficient (Wildman–Crippen LogP) is 2.79. The minimum absolute atomic E-state index is 0.0253. The van der Waals surface area contributed by atoms with Gasteiger partial charge in [0.25, 0.3) is 5.69 Å². The fraction of sp³-hybridized carbons (Fsp3) is 0.250. The van der Waals surface area contributed by atoms with Crippen molar-refractivity contribution in [2.24, 2.45) is 0 Å². The van der Waals surface area contributed by atoms with E-state index in [-0.39, 0.29) is 5.69 Å². The highest BCUT2D eigenvalue weighted by Crippen LogP contribution is 2.28. The first-order valence-corrected chi connectivity index (χ1v) is 4.78. The van der Waals surface area contributed by atoms with E-state index in [0.717, 1.165) is 0 Å². The topological polar surface area (TPSA) is 43.1 Å². The Morgan fingerprint density at radius 2 is 2.31 bits per heavy atom. The first kappa shape index (κ1) is 9.98. The van der Waals surface area contributed by atoms with Crippen molar-refractivity contribution in [1.82, 2.24) is 0 Å². The summed E-state index contributed by atoms with van der Waals surface area (Å²) in [4.78, 5) is 10.6. The second-order valence-electron chi connectivity index (χ2n) is 2.40. The monoisotopic (exact) mass is 201 g/mol. The number of hydrogen-bond donors (Lipinski definition) is 0. The van der Waals surface area contributed by atoms with Crippen LogP contribution in [0, 0.1) is 10.1 Å². The molecule has 70 valence electrons. The summed E-state index contributed by atoms with van der Waals surface area (Å²) in [5.41, 5.74) is 0.312. The fourth-order valence-electron chi connectivity index (χ4n) is 0.961. The van der Waals surface area contributed by atoms with Gasteiger partial charge >= 0.3 is 0 Å². The summed E-state index contributed by atoms with van der Waals surface area (Å²) in [6.45, 7) is -0.671. The summed E-state index contributed by atoms with van der Waals surface area (Å²) in [6.07, 6.45) is 1.75. The second kappa shape index (κ2) is 4.23. The summed E-state index contributed by atoms with van der Waals surface area (Å²) in [7, 11) is 0. The smallest absolute Gasteiger partial charge is 0.258 e. The standard InChI is InChI=1S/C8H8FNO2S/c1-13-8-3-2-6(5-9)4-7(8)10(11)12/h2-4H,5H2,1H3. The molecule has 0 N–H and O–H groups in total. The fourth-order valence-corrected chi connectivity index (χ4v) is 1.51. The molecule has 1 rings (SSSR count). The Morgan fingerprint density at radius 1 is 1.62 bits per heavy atom. The average Bonchev–Trinajstić information content (AvgIpc) is 2.16. The highest BCUT2D eigenvalue weighted by molar-refractivity contribution is 7.98. The van der Waals surface area contributed by atoms with Crippen LogP contribution in [-0.2, 0) is 6.67 Å². The van der Waals surface area contributed by atoms with Gasteiger partial charge in [0.05, 0.1) is 9.82 Å². The summed E-state index contributed by atoms with van der Waals surface area (Å²) in [5, 5.41) is 10.5.